The average Bonchev–Trinajstić information content (AvgIpc) is 2.89. The van der Waals surface area contributed by atoms with Crippen molar-refractivity contribution in [2.45, 2.75) is 19.0 Å². The van der Waals surface area contributed by atoms with E-state index in [1.54, 1.807) is 12.0 Å². The summed E-state index contributed by atoms with van der Waals surface area (Å²) in [6.45, 7) is 0.464. The topological polar surface area (TPSA) is 29.5 Å². The Morgan fingerprint density at radius 2 is 2.11 bits per heavy atom. The number of nitrogens with zero attached hydrogens (tertiary/aromatic N) is 1. The zero-order valence-corrected chi connectivity index (χ0v) is 10.1. The lowest BCUT2D eigenvalue weighted by Crippen LogP contribution is -2.35. The maximum absolute atomic E-state index is 13.5. The van der Waals surface area contributed by atoms with Crippen molar-refractivity contribution in [3.8, 4) is 5.75 Å². The van der Waals surface area contributed by atoms with Crippen molar-refractivity contribution >= 4 is 5.91 Å². The standard InChI is InChI=1S/C14H14FNO2/c1-18-11-4-2-9(3-5-11)8-16-13-7-10(14(16)17)6-12(13)15/h2-6,10,13H,7-8H2,1H3/t10-,13-/m0/s1. The predicted molar refractivity (Wildman–Crippen MR) is 64.6 cm³/mol. The van der Waals surface area contributed by atoms with Gasteiger partial charge in [0.15, 0.2) is 0 Å². The summed E-state index contributed by atoms with van der Waals surface area (Å²) in [5.74, 6) is 0.415. The molecule has 0 spiro atoms. The zero-order valence-electron chi connectivity index (χ0n) is 10.1. The van der Waals surface area contributed by atoms with Crippen LogP contribution in [0.3, 0.4) is 0 Å². The number of carbonyl (C=O) groups is 1. The number of ether oxygens (including phenoxy) is 1. The molecule has 1 aromatic carbocycles. The molecule has 94 valence electrons. The van der Waals surface area contributed by atoms with Gasteiger partial charge in [-0.15, -0.1) is 0 Å². The van der Waals surface area contributed by atoms with Gasteiger partial charge in [0, 0.05) is 6.54 Å². The molecule has 4 heteroatoms. The second-order valence-corrected chi connectivity index (χ2v) is 4.72. The molecule has 1 amide bonds. The molecular weight excluding hydrogens is 233 g/mol. The van der Waals surface area contributed by atoms with E-state index in [0.29, 0.717) is 13.0 Å². The second kappa shape index (κ2) is 4.12. The molecule has 3 rings (SSSR count). The third-order valence-corrected chi connectivity index (χ3v) is 3.64. The number of fused-ring (bicyclic) bond motifs is 2. The van der Waals surface area contributed by atoms with E-state index in [4.69, 9.17) is 4.74 Å². The number of amides is 1. The third kappa shape index (κ3) is 1.68. The van der Waals surface area contributed by atoms with Crippen molar-refractivity contribution < 1.29 is 13.9 Å². The highest BCUT2D eigenvalue weighted by atomic mass is 19.1. The van der Waals surface area contributed by atoms with Crippen molar-refractivity contribution in [2.24, 2.45) is 5.92 Å². The first kappa shape index (κ1) is 11.3. The lowest BCUT2D eigenvalue weighted by Gasteiger charge is -2.25. The highest BCUT2D eigenvalue weighted by Gasteiger charge is 2.45. The van der Waals surface area contributed by atoms with Crippen LogP contribution in [0.2, 0.25) is 0 Å². The summed E-state index contributed by atoms with van der Waals surface area (Å²) in [7, 11) is 1.61. The molecule has 2 bridgehead atoms. The minimum Gasteiger partial charge on any atom is -0.497 e. The van der Waals surface area contributed by atoms with Crippen molar-refractivity contribution in [3.63, 3.8) is 0 Å². The largest absolute Gasteiger partial charge is 0.497 e. The van der Waals surface area contributed by atoms with Crippen LogP contribution >= 0.6 is 0 Å². The molecule has 1 heterocycles. The molecule has 0 aromatic heterocycles. The Hall–Kier alpha value is -1.84. The number of halogens is 1. The Bertz CT molecular complexity index is 509. The molecule has 0 unspecified atom stereocenters. The quantitative estimate of drug-likeness (QED) is 0.820. The van der Waals surface area contributed by atoms with Crippen molar-refractivity contribution in [1.29, 1.82) is 0 Å². The van der Waals surface area contributed by atoms with Crippen LogP contribution < -0.4 is 4.74 Å². The van der Waals surface area contributed by atoms with Crippen LogP contribution in [0.5, 0.6) is 5.75 Å². The van der Waals surface area contributed by atoms with Crippen LogP contribution in [0.1, 0.15) is 12.0 Å². The number of benzene rings is 1. The minimum atomic E-state index is -0.343. The first-order valence-electron chi connectivity index (χ1n) is 5.99. The van der Waals surface area contributed by atoms with Crippen LogP contribution in [-0.4, -0.2) is 24.0 Å². The number of rotatable bonds is 3. The first-order chi connectivity index (χ1) is 8.69. The van der Waals surface area contributed by atoms with Gasteiger partial charge in [0.1, 0.15) is 11.6 Å². The van der Waals surface area contributed by atoms with Crippen molar-refractivity contribution in [1.82, 2.24) is 4.90 Å². The molecule has 1 fully saturated rings. The molecule has 1 aliphatic heterocycles. The third-order valence-electron chi connectivity index (χ3n) is 3.64. The van der Waals surface area contributed by atoms with E-state index < -0.39 is 0 Å². The fraction of sp³-hybridized carbons (Fsp3) is 0.357. The van der Waals surface area contributed by atoms with Crippen molar-refractivity contribution in [3.05, 3.63) is 41.7 Å². The van der Waals surface area contributed by atoms with Crippen LogP contribution in [0.4, 0.5) is 4.39 Å². The highest BCUT2D eigenvalue weighted by molar-refractivity contribution is 5.85. The van der Waals surface area contributed by atoms with Gasteiger partial charge in [0.2, 0.25) is 5.91 Å². The lowest BCUT2D eigenvalue weighted by molar-refractivity contribution is -0.132. The number of carbonyl (C=O) groups excluding carboxylic acids is 1. The first-order valence-corrected chi connectivity index (χ1v) is 5.99. The van der Waals surface area contributed by atoms with Gasteiger partial charge in [0.25, 0.3) is 0 Å². The Morgan fingerprint density at radius 1 is 1.39 bits per heavy atom. The molecule has 2 aliphatic rings. The van der Waals surface area contributed by atoms with Gasteiger partial charge in [0.05, 0.1) is 19.1 Å². The monoisotopic (exact) mass is 247 g/mol. The number of methoxy groups -OCH3 is 1. The van der Waals surface area contributed by atoms with Gasteiger partial charge in [-0.1, -0.05) is 12.1 Å². The van der Waals surface area contributed by atoms with E-state index in [1.165, 1.54) is 6.08 Å². The minimum absolute atomic E-state index is 0.0391. The maximum atomic E-state index is 13.5. The lowest BCUT2D eigenvalue weighted by atomic mass is 10.1. The van der Waals surface area contributed by atoms with E-state index in [2.05, 4.69) is 0 Å². The van der Waals surface area contributed by atoms with Crippen LogP contribution in [0, 0.1) is 5.92 Å². The van der Waals surface area contributed by atoms with Gasteiger partial charge >= 0.3 is 0 Å². The van der Waals surface area contributed by atoms with Crippen molar-refractivity contribution in [2.75, 3.05) is 7.11 Å². The number of likely N-dealkylation sites (tertiary alicyclic amines) is 1. The fourth-order valence-corrected chi connectivity index (χ4v) is 2.65. The van der Waals surface area contributed by atoms with Gasteiger partial charge < -0.3 is 9.64 Å². The normalized spacial score (nSPS) is 25.6. The maximum Gasteiger partial charge on any atom is 0.230 e. The molecule has 1 aromatic rings. The number of hydrogen-bond acceptors (Lipinski definition) is 2. The van der Waals surface area contributed by atoms with Crippen LogP contribution in [0.15, 0.2) is 36.2 Å². The average molecular weight is 247 g/mol. The van der Waals surface area contributed by atoms with Gasteiger partial charge in [-0.3, -0.25) is 4.79 Å². The summed E-state index contributed by atoms with van der Waals surface area (Å²) < 4.78 is 18.6. The van der Waals surface area contributed by atoms with E-state index in [1.807, 2.05) is 24.3 Å². The van der Waals surface area contributed by atoms with Crippen LogP contribution in [-0.2, 0) is 11.3 Å². The molecule has 1 saturated heterocycles. The SMILES string of the molecule is COc1ccc(CN2C(=O)[C@H]3C=C(F)[C@@H]2C3)cc1. The predicted octanol–water partition coefficient (Wildman–Crippen LogP) is 2.28. The molecule has 18 heavy (non-hydrogen) atoms. The zero-order chi connectivity index (χ0) is 12.7. The molecule has 2 atom stereocenters. The molecule has 0 radical (unpaired) electrons. The molecule has 3 nitrogen and oxygen atoms in total. The van der Waals surface area contributed by atoms with Gasteiger partial charge in [-0.05, 0) is 30.2 Å². The van der Waals surface area contributed by atoms with E-state index in [9.17, 15) is 9.18 Å². The van der Waals surface area contributed by atoms with Gasteiger partial charge in [-0.25, -0.2) is 4.39 Å². The molecule has 1 aliphatic carbocycles. The summed E-state index contributed by atoms with van der Waals surface area (Å²) >= 11 is 0. The Labute approximate surface area is 105 Å². The summed E-state index contributed by atoms with van der Waals surface area (Å²) in [6.07, 6.45) is 2.05. The van der Waals surface area contributed by atoms with E-state index >= 15 is 0 Å². The molecule has 0 N–H and O–H groups in total. The second-order valence-electron chi connectivity index (χ2n) is 4.72. The fourth-order valence-electron chi connectivity index (χ4n) is 2.65. The Morgan fingerprint density at radius 3 is 2.72 bits per heavy atom. The summed E-state index contributed by atoms with van der Waals surface area (Å²) in [5, 5.41) is 0. The Balaban J connectivity index is 1.77. The highest BCUT2D eigenvalue weighted by Crippen LogP contribution is 2.39. The number of hydrogen-bond donors (Lipinski definition) is 0. The summed E-state index contributed by atoms with van der Waals surface area (Å²) in [5.41, 5.74) is 0.990. The summed E-state index contributed by atoms with van der Waals surface area (Å²) in [4.78, 5) is 13.6. The smallest absolute Gasteiger partial charge is 0.230 e. The Kier molecular flexibility index (Phi) is 2.58. The van der Waals surface area contributed by atoms with E-state index in [-0.39, 0.29) is 23.7 Å². The van der Waals surface area contributed by atoms with Crippen LogP contribution in [0.25, 0.3) is 0 Å². The molecular formula is C14H14FNO2. The van der Waals surface area contributed by atoms with Gasteiger partial charge in [-0.2, -0.15) is 0 Å². The summed E-state index contributed by atoms with van der Waals surface area (Å²) in [6, 6.07) is 7.16. The molecule has 0 saturated carbocycles. The van der Waals surface area contributed by atoms with E-state index in [0.717, 1.165) is 11.3 Å².